The van der Waals surface area contributed by atoms with E-state index in [2.05, 4.69) is 0 Å². The number of benzene rings is 1. The van der Waals surface area contributed by atoms with Gasteiger partial charge in [0.2, 0.25) is 0 Å². The standard InChI is InChI=1S/C13H16O4/c1-8(2)11(15)7-17-13(16)12-9(3)5-4-6-10(12)14/h4-6,8,14H,7H2,1-3H3. The van der Waals surface area contributed by atoms with E-state index in [0.717, 1.165) is 0 Å². The van der Waals surface area contributed by atoms with Crippen LogP contribution in [0.4, 0.5) is 0 Å². The van der Waals surface area contributed by atoms with Crippen molar-refractivity contribution in [2.45, 2.75) is 20.8 Å². The highest BCUT2D eigenvalue weighted by Crippen LogP contribution is 2.21. The van der Waals surface area contributed by atoms with Crippen molar-refractivity contribution in [1.29, 1.82) is 0 Å². The number of hydrogen-bond acceptors (Lipinski definition) is 4. The molecule has 1 rings (SSSR count). The largest absolute Gasteiger partial charge is 0.507 e. The summed E-state index contributed by atoms with van der Waals surface area (Å²) in [6.07, 6.45) is 0. The van der Waals surface area contributed by atoms with Gasteiger partial charge in [-0.2, -0.15) is 0 Å². The maximum Gasteiger partial charge on any atom is 0.342 e. The van der Waals surface area contributed by atoms with Gasteiger partial charge in [-0.1, -0.05) is 26.0 Å². The Bertz CT molecular complexity index is 415. The molecule has 0 saturated carbocycles. The molecule has 92 valence electrons. The first-order valence-electron chi connectivity index (χ1n) is 5.42. The maximum atomic E-state index is 11.7. The van der Waals surface area contributed by atoms with E-state index in [-0.39, 0.29) is 29.6 Å². The van der Waals surface area contributed by atoms with Crippen molar-refractivity contribution >= 4 is 11.8 Å². The zero-order valence-electron chi connectivity index (χ0n) is 10.2. The van der Waals surface area contributed by atoms with Crippen molar-refractivity contribution in [3.8, 4) is 5.75 Å². The van der Waals surface area contributed by atoms with Crippen LogP contribution in [0.1, 0.15) is 29.8 Å². The molecule has 0 aromatic heterocycles. The quantitative estimate of drug-likeness (QED) is 0.813. The van der Waals surface area contributed by atoms with Gasteiger partial charge in [-0.05, 0) is 18.6 Å². The van der Waals surface area contributed by atoms with Gasteiger partial charge in [0.1, 0.15) is 11.3 Å². The van der Waals surface area contributed by atoms with E-state index in [1.807, 2.05) is 0 Å². The third-order valence-corrected chi connectivity index (χ3v) is 2.44. The van der Waals surface area contributed by atoms with Gasteiger partial charge in [-0.3, -0.25) is 4.79 Å². The molecule has 0 bridgehead atoms. The topological polar surface area (TPSA) is 63.6 Å². The lowest BCUT2D eigenvalue weighted by Crippen LogP contribution is -2.18. The summed E-state index contributed by atoms with van der Waals surface area (Å²) in [5.74, 6) is -1.12. The molecule has 1 aromatic carbocycles. The minimum atomic E-state index is -0.672. The smallest absolute Gasteiger partial charge is 0.342 e. The summed E-state index contributed by atoms with van der Waals surface area (Å²) in [6, 6.07) is 4.75. The van der Waals surface area contributed by atoms with Gasteiger partial charge >= 0.3 is 5.97 Å². The van der Waals surface area contributed by atoms with Crippen LogP contribution in [0.3, 0.4) is 0 Å². The van der Waals surface area contributed by atoms with E-state index in [4.69, 9.17) is 4.74 Å². The third kappa shape index (κ3) is 3.31. The minimum Gasteiger partial charge on any atom is -0.507 e. The third-order valence-electron chi connectivity index (χ3n) is 2.44. The van der Waals surface area contributed by atoms with Gasteiger partial charge in [0.15, 0.2) is 12.4 Å². The Morgan fingerprint density at radius 2 is 2.00 bits per heavy atom. The number of carbonyl (C=O) groups excluding carboxylic acids is 2. The molecule has 0 amide bonds. The Morgan fingerprint density at radius 3 is 2.53 bits per heavy atom. The number of phenols is 1. The molecule has 4 heteroatoms. The fourth-order valence-corrected chi connectivity index (χ4v) is 1.29. The van der Waals surface area contributed by atoms with E-state index in [0.29, 0.717) is 5.56 Å². The fraction of sp³-hybridized carbons (Fsp3) is 0.385. The molecule has 1 N–H and O–H groups in total. The molecule has 4 nitrogen and oxygen atoms in total. The van der Waals surface area contributed by atoms with Crippen LogP contribution in [0, 0.1) is 12.8 Å². The monoisotopic (exact) mass is 236 g/mol. The zero-order valence-corrected chi connectivity index (χ0v) is 10.2. The van der Waals surface area contributed by atoms with Crippen LogP contribution < -0.4 is 0 Å². The highest BCUT2D eigenvalue weighted by atomic mass is 16.5. The molecular formula is C13H16O4. The fourth-order valence-electron chi connectivity index (χ4n) is 1.29. The summed E-state index contributed by atoms with van der Waals surface area (Å²) in [5, 5.41) is 9.55. The van der Waals surface area contributed by atoms with Crippen LogP contribution in [-0.2, 0) is 9.53 Å². The molecule has 0 aliphatic heterocycles. The number of ether oxygens (including phenoxy) is 1. The predicted octanol–water partition coefficient (Wildman–Crippen LogP) is 2.08. The van der Waals surface area contributed by atoms with E-state index in [9.17, 15) is 14.7 Å². The molecular weight excluding hydrogens is 220 g/mol. The van der Waals surface area contributed by atoms with Crippen molar-refractivity contribution in [2.24, 2.45) is 5.92 Å². The van der Waals surface area contributed by atoms with Gasteiger partial charge in [-0.25, -0.2) is 4.79 Å². The molecule has 0 unspecified atom stereocenters. The molecule has 0 spiro atoms. The van der Waals surface area contributed by atoms with Crippen LogP contribution in [0.5, 0.6) is 5.75 Å². The first kappa shape index (κ1) is 13.2. The average molecular weight is 236 g/mol. The molecule has 0 fully saturated rings. The number of rotatable bonds is 4. The lowest BCUT2D eigenvalue weighted by atomic mass is 10.1. The predicted molar refractivity (Wildman–Crippen MR) is 63.0 cm³/mol. The van der Waals surface area contributed by atoms with E-state index < -0.39 is 5.97 Å². The maximum absolute atomic E-state index is 11.7. The molecule has 0 radical (unpaired) electrons. The lowest BCUT2D eigenvalue weighted by molar-refractivity contribution is -0.125. The Morgan fingerprint density at radius 1 is 1.35 bits per heavy atom. The van der Waals surface area contributed by atoms with Crippen LogP contribution >= 0.6 is 0 Å². The summed E-state index contributed by atoms with van der Waals surface area (Å²) in [7, 11) is 0. The van der Waals surface area contributed by atoms with Gasteiger partial charge in [0, 0.05) is 5.92 Å². The lowest BCUT2D eigenvalue weighted by Gasteiger charge is -2.09. The van der Waals surface area contributed by atoms with Crippen molar-refractivity contribution in [3.63, 3.8) is 0 Å². The first-order valence-corrected chi connectivity index (χ1v) is 5.42. The molecule has 0 aliphatic carbocycles. The minimum absolute atomic E-state index is 0.115. The normalized spacial score (nSPS) is 10.4. The van der Waals surface area contributed by atoms with E-state index >= 15 is 0 Å². The van der Waals surface area contributed by atoms with Crippen LogP contribution in [0.15, 0.2) is 18.2 Å². The Balaban J connectivity index is 2.74. The van der Waals surface area contributed by atoms with E-state index in [1.54, 1.807) is 32.9 Å². The second-order valence-corrected chi connectivity index (χ2v) is 4.17. The summed E-state index contributed by atoms with van der Waals surface area (Å²) in [4.78, 5) is 23.0. The molecule has 17 heavy (non-hydrogen) atoms. The Labute approximate surface area is 100 Å². The van der Waals surface area contributed by atoms with Gasteiger partial charge < -0.3 is 9.84 Å². The number of ketones is 1. The number of esters is 1. The molecule has 0 saturated heterocycles. The zero-order chi connectivity index (χ0) is 13.0. The molecule has 0 atom stereocenters. The number of phenolic OH excluding ortho intramolecular Hbond substituents is 1. The SMILES string of the molecule is Cc1cccc(O)c1C(=O)OCC(=O)C(C)C. The second-order valence-electron chi connectivity index (χ2n) is 4.17. The highest BCUT2D eigenvalue weighted by Gasteiger charge is 2.17. The Kier molecular flexibility index (Phi) is 4.26. The summed E-state index contributed by atoms with van der Waals surface area (Å²) >= 11 is 0. The van der Waals surface area contributed by atoms with Crippen molar-refractivity contribution in [1.82, 2.24) is 0 Å². The number of hydrogen-bond donors (Lipinski definition) is 1. The highest BCUT2D eigenvalue weighted by molar-refractivity contribution is 5.95. The van der Waals surface area contributed by atoms with E-state index in [1.165, 1.54) is 6.07 Å². The van der Waals surface area contributed by atoms with Gasteiger partial charge in [-0.15, -0.1) is 0 Å². The van der Waals surface area contributed by atoms with Crippen molar-refractivity contribution < 1.29 is 19.4 Å². The van der Waals surface area contributed by atoms with Crippen LogP contribution in [-0.4, -0.2) is 23.5 Å². The number of aryl methyl sites for hydroxylation is 1. The van der Waals surface area contributed by atoms with Crippen LogP contribution in [0.2, 0.25) is 0 Å². The molecule has 1 aromatic rings. The average Bonchev–Trinajstić information content (AvgIpc) is 2.25. The van der Waals surface area contributed by atoms with Crippen molar-refractivity contribution in [2.75, 3.05) is 6.61 Å². The summed E-state index contributed by atoms with van der Waals surface area (Å²) < 4.78 is 4.86. The number of carbonyl (C=O) groups is 2. The van der Waals surface area contributed by atoms with Crippen molar-refractivity contribution in [3.05, 3.63) is 29.3 Å². The second kappa shape index (κ2) is 5.48. The van der Waals surface area contributed by atoms with Gasteiger partial charge in [0.05, 0.1) is 0 Å². The number of Topliss-reactive ketones (excluding diaryl/α,β-unsaturated/α-hetero) is 1. The molecule has 0 heterocycles. The van der Waals surface area contributed by atoms with Gasteiger partial charge in [0.25, 0.3) is 0 Å². The first-order chi connectivity index (χ1) is 7.93. The Hall–Kier alpha value is -1.84. The molecule has 0 aliphatic rings. The summed E-state index contributed by atoms with van der Waals surface area (Å²) in [6.45, 7) is 4.91. The van der Waals surface area contributed by atoms with Crippen LogP contribution in [0.25, 0.3) is 0 Å². The number of aromatic hydroxyl groups is 1. The summed E-state index contributed by atoms with van der Waals surface area (Å²) in [5.41, 5.74) is 0.732.